The van der Waals surface area contributed by atoms with Gasteiger partial charge in [-0.15, -0.1) is 23.1 Å². The average Bonchev–Trinajstić information content (AvgIpc) is 3.03. The number of thiophene rings is 1. The zero-order valence-electron chi connectivity index (χ0n) is 15.0. The van der Waals surface area contributed by atoms with Crippen LogP contribution in [0, 0.1) is 5.82 Å². The predicted octanol–water partition coefficient (Wildman–Crippen LogP) is 2.84. The molecular formula is C18H18FN3O4S2. The molecule has 0 radical (unpaired) electrons. The van der Waals surface area contributed by atoms with Gasteiger partial charge in [-0.25, -0.2) is 9.18 Å². The summed E-state index contributed by atoms with van der Waals surface area (Å²) in [7, 11) is 1.31. The maximum atomic E-state index is 12.9. The average molecular weight is 423 g/mol. The number of fused-ring (bicyclic) bond motifs is 1. The summed E-state index contributed by atoms with van der Waals surface area (Å²) in [5.74, 6) is -1.17. The lowest BCUT2D eigenvalue weighted by Gasteiger charge is -2.25. The molecule has 1 aliphatic rings. The van der Waals surface area contributed by atoms with Gasteiger partial charge in [-0.3, -0.25) is 9.59 Å². The number of nitrogens with one attached hydrogen (secondary N) is 1. The summed E-state index contributed by atoms with van der Waals surface area (Å²) in [6, 6.07) is 5.83. The van der Waals surface area contributed by atoms with Crippen molar-refractivity contribution in [3.05, 3.63) is 46.1 Å². The Kier molecular flexibility index (Phi) is 6.20. The third-order valence-corrected chi connectivity index (χ3v) is 6.32. The highest BCUT2D eigenvalue weighted by Gasteiger charge is 2.29. The normalized spacial score (nSPS) is 13.0. The number of anilines is 1. The lowest BCUT2D eigenvalue weighted by atomic mass is 10.0. The van der Waals surface area contributed by atoms with Gasteiger partial charge in [0, 0.05) is 16.3 Å². The van der Waals surface area contributed by atoms with E-state index in [1.165, 1.54) is 47.2 Å². The Balaban J connectivity index is 1.72. The number of methoxy groups -OCH3 is 1. The zero-order valence-corrected chi connectivity index (χ0v) is 16.6. The van der Waals surface area contributed by atoms with Crippen LogP contribution in [0.5, 0.6) is 0 Å². The van der Waals surface area contributed by atoms with Crippen LogP contribution in [0.1, 0.15) is 20.8 Å². The van der Waals surface area contributed by atoms with Crippen molar-refractivity contribution < 1.29 is 23.5 Å². The molecule has 148 valence electrons. The molecule has 2 heterocycles. The monoisotopic (exact) mass is 423 g/mol. The minimum Gasteiger partial charge on any atom is -0.453 e. The Bertz CT molecular complexity index is 914. The number of rotatable bonds is 5. The molecule has 10 heteroatoms. The van der Waals surface area contributed by atoms with Gasteiger partial charge in [-0.2, -0.15) is 0 Å². The minimum atomic E-state index is -0.620. The number of carbonyl (C=O) groups excluding carboxylic acids is 3. The second-order valence-corrected chi connectivity index (χ2v) is 8.16. The van der Waals surface area contributed by atoms with Crippen LogP contribution in [-0.2, 0) is 22.5 Å². The maximum Gasteiger partial charge on any atom is 0.409 e. The summed E-state index contributed by atoms with van der Waals surface area (Å²) in [5, 5.41) is 3.12. The number of primary amides is 1. The van der Waals surface area contributed by atoms with E-state index in [2.05, 4.69) is 5.32 Å². The second kappa shape index (κ2) is 8.61. The van der Waals surface area contributed by atoms with Crippen LogP contribution in [0.25, 0.3) is 0 Å². The number of nitrogens with zero attached hydrogens (tertiary/aromatic N) is 1. The molecule has 28 heavy (non-hydrogen) atoms. The van der Waals surface area contributed by atoms with E-state index in [9.17, 15) is 18.8 Å². The molecule has 0 aliphatic carbocycles. The first-order valence-electron chi connectivity index (χ1n) is 8.34. The molecule has 1 aromatic carbocycles. The Hall–Kier alpha value is -2.59. The van der Waals surface area contributed by atoms with Crippen molar-refractivity contribution in [1.82, 2.24) is 4.90 Å². The fourth-order valence-corrected chi connectivity index (χ4v) is 4.86. The Morgan fingerprint density at radius 1 is 1.32 bits per heavy atom. The van der Waals surface area contributed by atoms with Crippen LogP contribution in [0.15, 0.2) is 29.2 Å². The van der Waals surface area contributed by atoms with Gasteiger partial charge in [0.05, 0.1) is 25.0 Å². The van der Waals surface area contributed by atoms with Crippen molar-refractivity contribution in [3.63, 3.8) is 0 Å². The van der Waals surface area contributed by atoms with Gasteiger partial charge >= 0.3 is 6.09 Å². The molecule has 3 rings (SSSR count). The standard InChI is InChI=1S/C18H18FN3O4S2/c1-26-18(25)22-7-6-12-13(8-22)28-17(15(12)16(20)24)21-14(23)9-27-11-4-2-10(19)3-5-11/h2-5H,6-9H2,1H3,(H2,20,24)(H,21,23). The Morgan fingerprint density at radius 3 is 2.68 bits per heavy atom. The number of halogens is 1. The number of amides is 3. The molecule has 0 saturated carbocycles. The summed E-state index contributed by atoms with van der Waals surface area (Å²) in [6.45, 7) is 0.706. The van der Waals surface area contributed by atoms with Crippen LogP contribution in [0.4, 0.5) is 14.2 Å². The van der Waals surface area contributed by atoms with Crippen molar-refractivity contribution in [3.8, 4) is 0 Å². The van der Waals surface area contributed by atoms with Crippen molar-refractivity contribution >= 4 is 46.0 Å². The van der Waals surface area contributed by atoms with E-state index >= 15 is 0 Å². The quantitative estimate of drug-likeness (QED) is 0.720. The summed E-state index contributed by atoms with van der Waals surface area (Å²) < 4.78 is 17.7. The third-order valence-electron chi connectivity index (χ3n) is 4.17. The van der Waals surface area contributed by atoms with Gasteiger partial charge in [0.25, 0.3) is 5.91 Å². The first-order chi connectivity index (χ1) is 13.4. The maximum absolute atomic E-state index is 12.9. The van der Waals surface area contributed by atoms with E-state index in [1.54, 1.807) is 12.1 Å². The SMILES string of the molecule is COC(=O)N1CCc2c(sc(NC(=O)CSc3ccc(F)cc3)c2C(N)=O)C1. The van der Waals surface area contributed by atoms with Crippen LogP contribution in [0.3, 0.4) is 0 Å². The van der Waals surface area contributed by atoms with Gasteiger partial charge in [0.1, 0.15) is 10.8 Å². The Morgan fingerprint density at radius 2 is 2.04 bits per heavy atom. The van der Waals surface area contributed by atoms with E-state index in [0.29, 0.717) is 30.1 Å². The smallest absolute Gasteiger partial charge is 0.409 e. The molecule has 2 aromatic rings. The van der Waals surface area contributed by atoms with E-state index in [-0.39, 0.29) is 17.5 Å². The van der Waals surface area contributed by atoms with Gasteiger partial charge in [-0.1, -0.05) is 0 Å². The molecule has 3 amide bonds. The van der Waals surface area contributed by atoms with Gasteiger partial charge in [0.2, 0.25) is 5.91 Å². The highest BCUT2D eigenvalue weighted by atomic mass is 32.2. The molecule has 0 fully saturated rings. The van der Waals surface area contributed by atoms with Gasteiger partial charge < -0.3 is 20.7 Å². The molecule has 1 aliphatic heterocycles. The fourth-order valence-electron chi connectivity index (χ4n) is 2.88. The second-order valence-electron chi connectivity index (χ2n) is 6.00. The lowest BCUT2D eigenvalue weighted by molar-refractivity contribution is -0.113. The largest absolute Gasteiger partial charge is 0.453 e. The minimum absolute atomic E-state index is 0.0979. The molecule has 7 nitrogen and oxygen atoms in total. The van der Waals surface area contributed by atoms with Crippen molar-refractivity contribution in [2.24, 2.45) is 5.73 Å². The van der Waals surface area contributed by atoms with Crippen molar-refractivity contribution in [2.45, 2.75) is 17.9 Å². The number of benzene rings is 1. The highest BCUT2D eigenvalue weighted by Crippen LogP contribution is 2.37. The summed E-state index contributed by atoms with van der Waals surface area (Å²) in [5.41, 5.74) is 6.59. The molecule has 0 saturated heterocycles. The number of nitrogens with two attached hydrogens (primary N) is 1. The summed E-state index contributed by atoms with van der Waals surface area (Å²) >= 11 is 2.49. The molecular weight excluding hydrogens is 405 g/mol. The number of carbonyl (C=O) groups is 3. The fraction of sp³-hybridized carbons (Fsp3) is 0.278. The summed E-state index contributed by atoms with van der Waals surface area (Å²) in [4.78, 5) is 39.1. The van der Waals surface area contributed by atoms with Crippen LogP contribution in [-0.4, -0.2) is 42.2 Å². The number of hydrogen-bond acceptors (Lipinski definition) is 6. The first-order valence-corrected chi connectivity index (χ1v) is 10.1. The third kappa shape index (κ3) is 4.45. The van der Waals surface area contributed by atoms with Crippen molar-refractivity contribution in [1.29, 1.82) is 0 Å². The van der Waals surface area contributed by atoms with Gasteiger partial charge in [-0.05, 0) is 36.2 Å². The predicted molar refractivity (Wildman–Crippen MR) is 105 cm³/mol. The molecule has 0 unspecified atom stereocenters. The van der Waals surface area contributed by atoms with E-state index < -0.39 is 12.0 Å². The van der Waals surface area contributed by atoms with E-state index in [4.69, 9.17) is 10.5 Å². The number of hydrogen-bond donors (Lipinski definition) is 2. The molecule has 0 spiro atoms. The van der Waals surface area contributed by atoms with Crippen molar-refractivity contribution in [2.75, 3.05) is 24.7 Å². The van der Waals surface area contributed by atoms with Gasteiger partial charge in [0.15, 0.2) is 0 Å². The molecule has 1 aromatic heterocycles. The first kappa shape index (κ1) is 20.2. The molecule has 0 bridgehead atoms. The topological polar surface area (TPSA) is 102 Å². The van der Waals surface area contributed by atoms with E-state index in [1.807, 2.05) is 0 Å². The molecule has 0 atom stereocenters. The highest BCUT2D eigenvalue weighted by molar-refractivity contribution is 8.00. The zero-order chi connectivity index (χ0) is 20.3. The molecule has 3 N–H and O–H groups in total. The summed E-state index contributed by atoms with van der Waals surface area (Å²) in [6.07, 6.45) is 0.0142. The van der Waals surface area contributed by atoms with Crippen LogP contribution >= 0.6 is 23.1 Å². The number of thioether (sulfide) groups is 1. The van der Waals surface area contributed by atoms with Crippen LogP contribution in [0.2, 0.25) is 0 Å². The van der Waals surface area contributed by atoms with Crippen LogP contribution < -0.4 is 11.1 Å². The Labute approximate surface area is 169 Å². The lowest BCUT2D eigenvalue weighted by Crippen LogP contribution is -2.35. The van der Waals surface area contributed by atoms with E-state index in [0.717, 1.165) is 15.3 Å². The number of ether oxygens (including phenoxy) is 1.